The summed E-state index contributed by atoms with van der Waals surface area (Å²) < 4.78 is 0. The Hall–Kier alpha value is -0.510. The lowest BCUT2D eigenvalue weighted by molar-refractivity contribution is 0.227. The molecule has 0 N–H and O–H groups in total. The molecule has 1 atom stereocenters. The highest BCUT2D eigenvalue weighted by Gasteiger charge is 2.67. The summed E-state index contributed by atoms with van der Waals surface area (Å²) in [6.45, 7) is 10.8. The van der Waals surface area contributed by atoms with Crippen LogP contribution >= 0.6 is 0 Å². The molecule has 0 aliphatic heterocycles. The Labute approximate surface area is 69.4 Å². The summed E-state index contributed by atoms with van der Waals surface area (Å²) >= 11 is 0. The standard InChI is InChI=1S/C10H17N/c1-8(2,3)10(7-11)6-9(10,4)5/h6H2,1-5H3. The Bertz CT molecular complexity index is 214. The Balaban J connectivity index is 2.96. The summed E-state index contributed by atoms with van der Waals surface area (Å²) in [4.78, 5) is 0. The Kier molecular flexibility index (Phi) is 1.41. The molecule has 0 aromatic heterocycles. The summed E-state index contributed by atoms with van der Waals surface area (Å²) in [5.41, 5.74) is 0.297. The topological polar surface area (TPSA) is 23.8 Å². The normalized spacial score (nSPS) is 34.5. The lowest BCUT2D eigenvalue weighted by Crippen LogP contribution is -2.24. The van der Waals surface area contributed by atoms with Crippen molar-refractivity contribution in [2.75, 3.05) is 0 Å². The predicted molar refractivity (Wildman–Crippen MR) is 45.9 cm³/mol. The third-order valence-electron chi connectivity index (χ3n) is 3.21. The molecule has 0 spiro atoms. The maximum atomic E-state index is 9.08. The predicted octanol–water partition coefficient (Wildman–Crippen LogP) is 2.97. The van der Waals surface area contributed by atoms with Crippen LogP contribution in [0.5, 0.6) is 0 Å². The smallest absolute Gasteiger partial charge is 0.0701 e. The first-order valence-electron chi connectivity index (χ1n) is 4.18. The molecule has 0 heterocycles. The molecule has 0 bridgehead atoms. The van der Waals surface area contributed by atoms with Crippen molar-refractivity contribution in [3.8, 4) is 6.07 Å². The molecule has 1 unspecified atom stereocenters. The van der Waals surface area contributed by atoms with Gasteiger partial charge in [-0.25, -0.2) is 0 Å². The molecule has 1 aliphatic rings. The number of hydrogen-bond donors (Lipinski definition) is 0. The zero-order valence-electron chi connectivity index (χ0n) is 8.15. The van der Waals surface area contributed by atoms with Gasteiger partial charge in [-0.05, 0) is 17.3 Å². The lowest BCUT2D eigenvalue weighted by Gasteiger charge is -2.27. The van der Waals surface area contributed by atoms with E-state index in [0.717, 1.165) is 6.42 Å². The summed E-state index contributed by atoms with van der Waals surface area (Å²) in [6, 6.07) is 2.48. The summed E-state index contributed by atoms with van der Waals surface area (Å²) in [5.74, 6) is 0. The van der Waals surface area contributed by atoms with Crippen molar-refractivity contribution < 1.29 is 0 Å². The molecule has 1 saturated carbocycles. The maximum absolute atomic E-state index is 9.08. The molecule has 1 heteroatoms. The second kappa shape index (κ2) is 1.80. The van der Waals surface area contributed by atoms with Gasteiger partial charge in [0.2, 0.25) is 0 Å². The highest BCUT2D eigenvalue weighted by molar-refractivity contribution is 5.25. The van der Waals surface area contributed by atoms with Gasteiger partial charge in [0.25, 0.3) is 0 Å². The van der Waals surface area contributed by atoms with Crippen LogP contribution in [-0.4, -0.2) is 0 Å². The first-order valence-corrected chi connectivity index (χ1v) is 4.18. The third kappa shape index (κ3) is 0.888. The molecule has 0 saturated heterocycles. The van der Waals surface area contributed by atoms with Crippen molar-refractivity contribution in [3.05, 3.63) is 0 Å². The molecule has 0 radical (unpaired) electrons. The quantitative estimate of drug-likeness (QED) is 0.522. The van der Waals surface area contributed by atoms with Gasteiger partial charge in [0.1, 0.15) is 0 Å². The zero-order chi connectivity index (χ0) is 8.91. The SMILES string of the molecule is CC(C)(C)C1(C#N)CC1(C)C. The van der Waals surface area contributed by atoms with E-state index in [-0.39, 0.29) is 16.2 Å². The van der Waals surface area contributed by atoms with Crippen LogP contribution in [0.1, 0.15) is 41.0 Å². The zero-order valence-corrected chi connectivity index (χ0v) is 8.15. The second-order valence-electron chi connectivity index (χ2n) is 5.33. The lowest BCUT2D eigenvalue weighted by atomic mass is 9.74. The van der Waals surface area contributed by atoms with Crippen LogP contribution in [0.15, 0.2) is 0 Å². The van der Waals surface area contributed by atoms with Crippen LogP contribution in [-0.2, 0) is 0 Å². The molecule has 1 fully saturated rings. The van der Waals surface area contributed by atoms with E-state index in [9.17, 15) is 0 Å². The number of nitriles is 1. The third-order valence-corrected chi connectivity index (χ3v) is 3.21. The van der Waals surface area contributed by atoms with Gasteiger partial charge in [0, 0.05) is 0 Å². The molecule has 11 heavy (non-hydrogen) atoms. The molecule has 62 valence electrons. The molecular weight excluding hydrogens is 134 g/mol. The molecular formula is C10H17N. The van der Waals surface area contributed by atoms with Crippen LogP contribution in [0.25, 0.3) is 0 Å². The van der Waals surface area contributed by atoms with Gasteiger partial charge in [-0.1, -0.05) is 34.6 Å². The molecule has 0 aromatic rings. The van der Waals surface area contributed by atoms with Gasteiger partial charge in [-0.15, -0.1) is 0 Å². The van der Waals surface area contributed by atoms with E-state index in [1.54, 1.807) is 0 Å². The van der Waals surface area contributed by atoms with Gasteiger partial charge in [0.05, 0.1) is 11.5 Å². The number of rotatable bonds is 0. The molecule has 1 rings (SSSR count). The Morgan fingerprint density at radius 1 is 1.27 bits per heavy atom. The van der Waals surface area contributed by atoms with E-state index < -0.39 is 0 Å². The van der Waals surface area contributed by atoms with Gasteiger partial charge >= 0.3 is 0 Å². The van der Waals surface area contributed by atoms with Crippen molar-refractivity contribution in [2.24, 2.45) is 16.2 Å². The minimum atomic E-state index is -0.0694. The maximum Gasteiger partial charge on any atom is 0.0701 e. The van der Waals surface area contributed by atoms with Gasteiger partial charge < -0.3 is 0 Å². The molecule has 0 amide bonds. The fourth-order valence-electron chi connectivity index (χ4n) is 2.26. The van der Waals surface area contributed by atoms with Crippen LogP contribution in [0.3, 0.4) is 0 Å². The van der Waals surface area contributed by atoms with E-state index >= 15 is 0 Å². The first-order chi connectivity index (χ1) is 4.77. The Morgan fingerprint density at radius 2 is 1.64 bits per heavy atom. The minimum absolute atomic E-state index is 0.0694. The van der Waals surface area contributed by atoms with Crippen LogP contribution in [0.4, 0.5) is 0 Å². The van der Waals surface area contributed by atoms with Crippen molar-refractivity contribution >= 4 is 0 Å². The van der Waals surface area contributed by atoms with Crippen LogP contribution in [0, 0.1) is 27.6 Å². The monoisotopic (exact) mass is 151 g/mol. The summed E-state index contributed by atoms with van der Waals surface area (Å²) in [5, 5.41) is 9.08. The van der Waals surface area contributed by atoms with E-state index in [4.69, 9.17) is 5.26 Å². The van der Waals surface area contributed by atoms with Crippen molar-refractivity contribution in [3.63, 3.8) is 0 Å². The summed E-state index contributed by atoms with van der Waals surface area (Å²) in [6.07, 6.45) is 1.06. The van der Waals surface area contributed by atoms with E-state index in [0.29, 0.717) is 0 Å². The van der Waals surface area contributed by atoms with E-state index in [1.165, 1.54) is 0 Å². The van der Waals surface area contributed by atoms with Gasteiger partial charge in [0.15, 0.2) is 0 Å². The number of hydrogen-bond acceptors (Lipinski definition) is 1. The fourth-order valence-corrected chi connectivity index (χ4v) is 2.26. The number of nitrogens with zero attached hydrogens (tertiary/aromatic N) is 1. The van der Waals surface area contributed by atoms with Crippen molar-refractivity contribution in [1.29, 1.82) is 5.26 Å². The molecule has 0 aromatic carbocycles. The van der Waals surface area contributed by atoms with E-state index in [1.807, 2.05) is 0 Å². The minimum Gasteiger partial charge on any atom is -0.198 e. The van der Waals surface area contributed by atoms with Crippen LogP contribution < -0.4 is 0 Å². The molecule has 1 aliphatic carbocycles. The first kappa shape index (κ1) is 8.59. The largest absolute Gasteiger partial charge is 0.198 e. The highest BCUT2D eigenvalue weighted by Crippen LogP contribution is 2.71. The van der Waals surface area contributed by atoms with Crippen LogP contribution in [0.2, 0.25) is 0 Å². The summed E-state index contributed by atoms with van der Waals surface area (Å²) in [7, 11) is 0. The average Bonchev–Trinajstić information content (AvgIpc) is 2.33. The Morgan fingerprint density at radius 3 is 1.64 bits per heavy atom. The van der Waals surface area contributed by atoms with Gasteiger partial charge in [-0.2, -0.15) is 5.26 Å². The second-order valence-corrected chi connectivity index (χ2v) is 5.33. The fraction of sp³-hybridized carbons (Fsp3) is 0.900. The van der Waals surface area contributed by atoms with Crippen molar-refractivity contribution in [1.82, 2.24) is 0 Å². The van der Waals surface area contributed by atoms with Gasteiger partial charge in [-0.3, -0.25) is 0 Å². The average molecular weight is 151 g/mol. The van der Waals surface area contributed by atoms with Crippen molar-refractivity contribution in [2.45, 2.75) is 41.0 Å². The highest BCUT2D eigenvalue weighted by atomic mass is 14.7. The van der Waals surface area contributed by atoms with E-state index in [2.05, 4.69) is 40.7 Å². The molecule has 1 nitrogen and oxygen atoms in total.